The van der Waals surface area contributed by atoms with Gasteiger partial charge in [-0.3, -0.25) is 19.6 Å². The number of halogens is 2. The van der Waals surface area contributed by atoms with Crippen molar-refractivity contribution in [3.8, 4) is 0 Å². The molecule has 2 heterocycles. The van der Waals surface area contributed by atoms with Crippen molar-refractivity contribution in [3.05, 3.63) is 23.8 Å². The number of aryl methyl sites for hydroxylation is 1. The molecule has 20 heavy (non-hydrogen) atoms. The standard InChI is InChI=1S/C13H17F2N3O2/c1-8-6-16-7-9(17-8)10-4-5-20-18(10)12(19)13(2,3)11(14)15/h6-7,10-11H,4-5H2,1-3H3/t10-/m0/s1. The Morgan fingerprint density at radius 2 is 2.20 bits per heavy atom. The minimum atomic E-state index is -2.76. The van der Waals surface area contributed by atoms with Gasteiger partial charge in [-0.25, -0.2) is 13.8 Å². The Kier molecular flexibility index (Phi) is 3.99. The third kappa shape index (κ3) is 2.63. The van der Waals surface area contributed by atoms with Crippen molar-refractivity contribution in [2.45, 2.75) is 39.7 Å². The molecule has 1 aliphatic heterocycles. The van der Waals surface area contributed by atoms with Gasteiger partial charge in [0.05, 0.1) is 24.2 Å². The first-order valence-corrected chi connectivity index (χ1v) is 6.37. The van der Waals surface area contributed by atoms with E-state index in [2.05, 4.69) is 9.97 Å². The van der Waals surface area contributed by atoms with Crippen molar-refractivity contribution in [3.63, 3.8) is 0 Å². The zero-order chi connectivity index (χ0) is 14.9. The van der Waals surface area contributed by atoms with Gasteiger partial charge in [0.1, 0.15) is 11.5 Å². The van der Waals surface area contributed by atoms with Gasteiger partial charge >= 0.3 is 0 Å². The highest BCUT2D eigenvalue weighted by Gasteiger charge is 2.45. The molecule has 110 valence electrons. The molecule has 1 aromatic rings. The van der Waals surface area contributed by atoms with Crippen molar-refractivity contribution < 1.29 is 18.4 Å². The van der Waals surface area contributed by atoms with E-state index in [1.165, 1.54) is 20.0 Å². The van der Waals surface area contributed by atoms with E-state index in [4.69, 9.17) is 4.84 Å². The van der Waals surface area contributed by atoms with Crippen molar-refractivity contribution in [1.29, 1.82) is 0 Å². The summed E-state index contributed by atoms with van der Waals surface area (Å²) in [5, 5.41) is 1.02. The maximum atomic E-state index is 13.0. The van der Waals surface area contributed by atoms with Gasteiger partial charge in [0.25, 0.3) is 12.3 Å². The Morgan fingerprint density at radius 3 is 2.80 bits per heavy atom. The Labute approximate surface area is 115 Å². The van der Waals surface area contributed by atoms with E-state index >= 15 is 0 Å². The van der Waals surface area contributed by atoms with Crippen LogP contribution in [0.1, 0.15) is 37.7 Å². The lowest BCUT2D eigenvalue weighted by molar-refractivity contribution is -0.194. The maximum Gasteiger partial charge on any atom is 0.258 e. The van der Waals surface area contributed by atoms with Crippen LogP contribution in [-0.2, 0) is 9.63 Å². The number of carbonyl (C=O) groups is 1. The summed E-state index contributed by atoms with van der Waals surface area (Å²) in [5.74, 6) is -0.738. The first-order chi connectivity index (χ1) is 9.34. The lowest BCUT2D eigenvalue weighted by atomic mass is 9.92. The third-order valence-corrected chi connectivity index (χ3v) is 3.32. The Balaban J connectivity index is 2.26. The molecule has 0 N–H and O–H groups in total. The first kappa shape index (κ1) is 14.8. The molecular weight excluding hydrogens is 268 g/mol. The summed E-state index contributed by atoms with van der Waals surface area (Å²) in [4.78, 5) is 25.8. The number of hydrogen-bond acceptors (Lipinski definition) is 4. The molecule has 1 amide bonds. The molecule has 1 atom stereocenters. The number of aromatic nitrogens is 2. The number of hydrogen-bond donors (Lipinski definition) is 0. The highest BCUT2D eigenvalue weighted by atomic mass is 19.3. The van der Waals surface area contributed by atoms with Crippen LogP contribution in [0.2, 0.25) is 0 Å². The number of hydroxylamine groups is 2. The number of carbonyl (C=O) groups excluding carboxylic acids is 1. The second-order valence-electron chi connectivity index (χ2n) is 5.38. The van der Waals surface area contributed by atoms with Gasteiger partial charge in [-0.2, -0.15) is 0 Å². The predicted octanol–water partition coefficient (Wildman–Crippen LogP) is 2.28. The zero-order valence-electron chi connectivity index (χ0n) is 11.6. The van der Waals surface area contributed by atoms with Gasteiger partial charge in [0, 0.05) is 12.6 Å². The molecule has 0 spiro atoms. The molecule has 1 aromatic heterocycles. The summed E-state index contributed by atoms with van der Waals surface area (Å²) in [6.45, 7) is 4.49. The first-order valence-electron chi connectivity index (χ1n) is 6.37. The number of alkyl halides is 2. The Bertz CT molecular complexity index is 508. The van der Waals surface area contributed by atoms with Crippen LogP contribution in [0, 0.1) is 12.3 Å². The highest BCUT2D eigenvalue weighted by Crippen LogP contribution is 2.35. The maximum absolute atomic E-state index is 13.0. The minimum absolute atomic E-state index is 0.297. The lowest BCUT2D eigenvalue weighted by Crippen LogP contribution is -2.43. The summed E-state index contributed by atoms with van der Waals surface area (Å²) in [6, 6.07) is -0.465. The smallest absolute Gasteiger partial charge is 0.258 e. The van der Waals surface area contributed by atoms with Crippen LogP contribution < -0.4 is 0 Å². The quantitative estimate of drug-likeness (QED) is 0.855. The minimum Gasteiger partial charge on any atom is -0.272 e. The van der Waals surface area contributed by atoms with E-state index in [1.54, 1.807) is 13.1 Å². The molecule has 0 radical (unpaired) electrons. The van der Waals surface area contributed by atoms with Crippen LogP contribution in [0.15, 0.2) is 12.4 Å². The zero-order valence-corrected chi connectivity index (χ0v) is 11.6. The largest absolute Gasteiger partial charge is 0.272 e. The molecular formula is C13H17F2N3O2. The number of rotatable bonds is 3. The summed E-state index contributed by atoms with van der Waals surface area (Å²) in [7, 11) is 0. The molecule has 7 heteroatoms. The molecule has 0 bridgehead atoms. The van der Waals surface area contributed by atoms with Crippen LogP contribution in [0.3, 0.4) is 0 Å². The van der Waals surface area contributed by atoms with Gasteiger partial charge < -0.3 is 0 Å². The summed E-state index contributed by atoms with van der Waals surface area (Å²) < 4.78 is 26.0. The summed E-state index contributed by atoms with van der Waals surface area (Å²) in [6.07, 6.45) is 0.878. The predicted molar refractivity (Wildman–Crippen MR) is 66.7 cm³/mol. The van der Waals surface area contributed by atoms with Gasteiger partial charge in [-0.05, 0) is 20.8 Å². The normalized spacial score (nSPS) is 19.7. The van der Waals surface area contributed by atoms with Crippen molar-refractivity contribution in [2.24, 2.45) is 5.41 Å². The molecule has 1 aliphatic rings. The van der Waals surface area contributed by atoms with E-state index in [0.717, 1.165) is 5.06 Å². The molecule has 0 saturated carbocycles. The van der Waals surface area contributed by atoms with Crippen LogP contribution in [0.5, 0.6) is 0 Å². The van der Waals surface area contributed by atoms with E-state index in [1.807, 2.05) is 0 Å². The average molecular weight is 285 g/mol. The van der Waals surface area contributed by atoms with Crippen molar-refractivity contribution in [1.82, 2.24) is 15.0 Å². The summed E-state index contributed by atoms with van der Waals surface area (Å²) >= 11 is 0. The highest BCUT2D eigenvalue weighted by molar-refractivity contribution is 5.82. The van der Waals surface area contributed by atoms with E-state index < -0.39 is 23.8 Å². The van der Waals surface area contributed by atoms with Crippen LogP contribution in [-0.4, -0.2) is 34.0 Å². The second kappa shape index (κ2) is 5.40. The van der Waals surface area contributed by atoms with Crippen LogP contribution in [0.25, 0.3) is 0 Å². The topological polar surface area (TPSA) is 55.3 Å². The fraction of sp³-hybridized carbons (Fsp3) is 0.615. The Hall–Kier alpha value is -1.63. The van der Waals surface area contributed by atoms with Crippen LogP contribution in [0.4, 0.5) is 8.78 Å². The fourth-order valence-electron chi connectivity index (χ4n) is 1.96. The van der Waals surface area contributed by atoms with Gasteiger partial charge in [-0.1, -0.05) is 0 Å². The molecule has 0 aliphatic carbocycles. The monoisotopic (exact) mass is 285 g/mol. The molecule has 5 nitrogen and oxygen atoms in total. The SMILES string of the molecule is Cc1cncc([C@@H]2CCON2C(=O)C(C)(C)C(F)F)n1. The van der Waals surface area contributed by atoms with E-state index in [-0.39, 0.29) is 0 Å². The van der Waals surface area contributed by atoms with Gasteiger partial charge in [0.15, 0.2) is 0 Å². The van der Waals surface area contributed by atoms with E-state index in [9.17, 15) is 13.6 Å². The molecule has 0 unspecified atom stereocenters. The lowest BCUT2D eigenvalue weighted by Gasteiger charge is -2.30. The second-order valence-corrected chi connectivity index (χ2v) is 5.38. The fourth-order valence-corrected chi connectivity index (χ4v) is 1.96. The van der Waals surface area contributed by atoms with Crippen LogP contribution >= 0.6 is 0 Å². The summed E-state index contributed by atoms with van der Waals surface area (Å²) in [5.41, 5.74) is -0.532. The van der Waals surface area contributed by atoms with Gasteiger partial charge in [0.2, 0.25) is 0 Å². The Morgan fingerprint density at radius 1 is 1.50 bits per heavy atom. The third-order valence-electron chi connectivity index (χ3n) is 3.32. The van der Waals surface area contributed by atoms with Gasteiger partial charge in [-0.15, -0.1) is 0 Å². The molecule has 2 rings (SSSR count). The number of amides is 1. The van der Waals surface area contributed by atoms with Crippen molar-refractivity contribution >= 4 is 5.91 Å². The molecule has 1 fully saturated rings. The molecule has 0 aromatic carbocycles. The van der Waals surface area contributed by atoms with Crippen molar-refractivity contribution in [2.75, 3.05) is 6.61 Å². The number of nitrogens with zero attached hydrogens (tertiary/aromatic N) is 3. The van der Waals surface area contributed by atoms with E-state index in [0.29, 0.717) is 24.4 Å². The molecule has 1 saturated heterocycles. The average Bonchev–Trinajstić information content (AvgIpc) is 2.86.